The molecule has 0 fully saturated rings. The summed E-state index contributed by atoms with van der Waals surface area (Å²) in [5.74, 6) is 1.88. The summed E-state index contributed by atoms with van der Waals surface area (Å²) in [4.78, 5) is 53.3. The van der Waals surface area contributed by atoms with Gasteiger partial charge in [-0.3, -0.25) is 19.2 Å². The monoisotopic (exact) mass is 905 g/mol. The van der Waals surface area contributed by atoms with Crippen LogP contribution >= 0.6 is 0 Å². The second-order valence-electron chi connectivity index (χ2n) is 17.9. The maximum atomic E-state index is 14.6. The Kier molecular flexibility index (Phi) is 25.9. The second-order valence-corrected chi connectivity index (χ2v) is 17.9. The van der Waals surface area contributed by atoms with Crippen LogP contribution < -0.4 is 18.9 Å². The van der Waals surface area contributed by atoms with Crippen LogP contribution in [0.4, 0.5) is 0 Å². The fourth-order valence-electron chi connectivity index (χ4n) is 8.53. The molecule has 0 amide bonds. The molecule has 0 atom stereocenters. The second kappa shape index (κ2) is 31.9. The highest BCUT2D eigenvalue weighted by atomic mass is 16.5. The van der Waals surface area contributed by atoms with Crippen LogP contribution in [0.2, 0.25) is 0 Å². The SMILES string of the molecule is CCCCCCCCOc1cc(OCCCCCCCC)cc(C(=O)c2cc3cc(C=O)c(C=O)c(-c4cc(OCCCCCCCC)cc(OCCCCCCCC)c4)c3cc2C=O)c1. The van der Waals surface area contributed by atoms with Crippen LogP contribution in [0.1, 0.15) is 229 Å². The molecule has 0 N–H and O–H groups in total. The number of fused-ring (bicyclic) bond motifs is 1. The van der Waals surface area contributed by atoms with E-state index in [1.54, 1.807) is 30.3 Å². The first-order chi connectivity index (χ1) is 32.4. The molecule has 4 aromatic carbocycles. The van der Waals surface area contributed by atoms with Crippen LogP contribution in [0.5, 0.6) is 23.0 Å². The van der Waals surface area contributed by atoms with Crippen molar-refractivity contribution in [2.24, 2.45) is 0 Å². The minimum atomic E-state index is -0.377. The van der Waals surface area contributed by atoms with Crippen molar-refractivity contribution in [2.45, 2.75) is 182 Å². The molecule has 0 spiro atoms. The van der Waals surface area contributed by atoms with Gasteiger partial charge in [-0.25, -0.2) is 0 Å². The summed E-state index contributed by atoms with van der Waals surface area (Å²) in [5, 5.41) is 1.09. The van der Waals surface area contributed by atoms with Crippen molar-refractivity contribution in [3.05, 3.63) is 82.4 Å². The average Bonchev–Trinajstić information content (AvgIpc) is 3.33. The van der Waals surface area contributed by atoms with E-state index in [0.717, 1.165) is 77.0 Å². The van der Waals surface area contributed by atoms with Crippen LogP contribution in [0.3, 0.4) is 0 Å². The number of hydrogen-bond acceptors (Lipinski definition) is 8. The maximum absolute atomic E-state index is 14.6. The number of ether oxygens (including phenoxy) is 4. The summed E-state index contributed by atoms with van der Waals surface area (Å²) in [6.07, 6.45) is 29.1. The molecule has 0 aliphatic carbocycles. The molecule has 0 aliphatic heterocycles. The molecule has 8 heteroatoms. The van der Waals surface area contributed by atoms with Gasteiger partial charge in [0.15, 0.2) is 24.6 Å². The van der Waals surface area contributed by atoms with E-state index in [-0.39, 0.29) is 28.0 Å². The van der Waals surface area contributed by atoms with E-state index >= 15 is 0 Å². The predicted octanol–water partition coefficient (Wildman–Crippen LogP) is 16.1. The third-order valence-electron chi connectivity index (χ3n) is 12.4. The predicted molar refractivity (Wildman–Crippen MR) is 271 cm³/mol. The van der Waals surface area contributed by atoms with Crippen molar-refractivity contribution in [1.82, 2.24) is 0 Å². The van der Waals surface area contributed by atoms with Gasteiger partial charge in [-0.2, -0.15) is 0 Å². The van der Waals surface area contributed by atoms with Crippen molar-refractivity contribution in [3.63, 3.8) is 0 Å². The lowest BCUT2D eigenvalue weighted by atomic mass is 9.87. The number of carbonyl (C=O) groups excluding carboxylic acids is 4. The van der Waals surface area contributed by atoms with E-state index in [0.29, 0.717) is 95.7 Å². The Hall–Kier alpha value is -4.98. The molecule has 4 rings (SSSR count). The first-order valence-corrected chi connectivity index (χ1v) is 25.8. The Morgan fingerprint density at radius 2 is 0.788 bits per heavy atom. The minimum absolute atomic E-state index is 0.160. The first-order valence-electron chi connectivity index (χ1n) is 25.8. The van der Waals surface area contributed by atoms with Crippen LogP contribution in [0, 0.1) is 0 Å². The summed E-state index contributed by atoms with van der Waals surface area (Å²) >= 11 is 0. The van der Waals surface area contributed by atoms with E-state index in [1.807, 2.05) is 24.3 Å². The first kappa shape index (κ1) is 53.6. The fraction of sp³-hybridized carbons (Fsp3) is 0.552. The van der Waals surface area contributed by atoms with Gasteiger partial charge in [-0.05, 0) is 84.5 Å². The largest absolute Gasteiger partial charge is 0.493 e. The van der Waals surface area contributed by atoms with Gasteiger partial charge in [0.1, 0.15) is 23.0 Å². The maximum Gasteiger partial charge on any atom is 0.194 e. The summed E-state index contributed by atoms with van der Waals surface area (Å²) in [6, 6.07) is 15.8. The zero-order valence-electron chi connectivity index (χ0n) is 41.0. The molecular weight excluding hydrogens is 825 g/mol. The number of rotatable bonds is 38. The Balaban J connectivity index is 1.72. The molecule has 0 aromatic heterocycles. The van der Waals surface area contributed by atoms with Crippen molar-refractivity contribution in [1.29, 1.82) is 0 Å². The zero-order valence-corrected chi connectivity index (χ0v) is 41.0. The molecule has 0 heterocycles. The summed E-state index contributed by atoms with van der Waals surface area (Å²) in [7, 11) is 0. The molecule has 4 aromatic rings. The summed E-state index contributed by atoms with van der Waals surface area (Å²) < 4.78 is 25.1. The molecule has 66 heavy (non-hydrogen) atoms. The van der Waals surface area contributed by atoms with E-state index in [2.05, 4.69) is 27.7 Å². The van der Waals surface area contributed by atoms with Gasteiger partial charge in [0.2, 0.25) is 0 Å². The lowest BCUT2D eigenvalue weighted by Crippen LogP contribution is -2.08. The normalized spacial score (nSPS) is 11.2. The van der Waals surface area contributed by atoms with E-state index in [9.17, 15) is 19.2 Å². The van der Waals surface area contributed by atoms with Crippen LogP contribution in [0.25, 0.3) is 21.9 Å². The van der Waals surface area contributed by atoms with Gasteiger partial charge < -0.3 is 18.9 Å². The van der Waals surface area contributed by atoms with Crippen LogP contribution in [0.15, 0.2) is 54.6 Å². The Morgan fingerprint density at radius 3 is 1.17 bits per heavy atom. The number of carbonyl (C=O) groups is 4. The van der Waals surface area contributed by atoms with Gasteiger partial charge in [0.05, 0.1) is 26.4 Å². The Morgan fingerprint density at radius 1 is 0.409 bits per heavy atom. The number of benzene rings is 4. The van der Waals surface area contributed by atoms with Crippen molar-refractivity contribution in [2.75, 3.05) is 26.4 Å². The highest BCUT2D eigenvalue weighted by Gasteiger charge is 2.22. The minimum Gasteiger partial charge on any atom is -0.493 e. The molecule has 0 unspecified atom stereocenters. The molecule has 8 nitrogen and oxygen atoms in total. The summed E-state index contributed by atoms with van der Waals surface area (Å²) in [6.45, 7) is 10.9. The summed E-state index contributed by atoms with van der Waals surface area (Å²) in [5.41, 5.74) is 2.11. The van der Waals surface area contributed by atoms with E-state index in [1.165, 1.54) is 77.0 Å². The van der Waals surface area contributed by atoms with Gasteiger partial charge in [-0.15, -0.1) is 0 Å². The van der Waals surface area contributed by atoms with Crippen molar-refractivity contribution >= 4 is 35.4 Å². The smallest absolute Gasteiger partial charge is 0.194 e. The average molecular weight is 905 g/mol. The van der Waals surface area contributed by atoms with Crippen molar-refractivity contribution in [3.8, 4) is 34.1 Å². The molecule has 360 valence electrons. The highest BCUT2D eigenvalue weighted by Crippen LogP contribution is 2.39. The molecule has 0 aliphatic rings. The van der Waals surface area contributed by atoms with Gasteiger partial charge in [0, 0.05) is 45.5 Å². The van der Waals surface area contributed by atoms with Crippen molar-refractivity contribution < 1.29 is 38.1 Å². The third kappa shape index (κ3) is 18.0. The number of unbranched alkanes of at least 4 members (excludes halogenated alkanes) is 20. The number of hydrogen-bond donors (Lipinski definition) is 0. The molecule has 0 bridgehead atoms. The van der Waals surface area contributed by atoms with Crippen LogP contribution in [-0.4, -0.2) is 51.1 Å². The lowest BCUT2D eigenvalue weighted by Gasteiger charge is -2.18. The molecular formula is C58H80O8. The van der Waals surface area contributed by atoms with Crippen LogP contribution in [-0.2, 0) is 0 Å². The Bertz CT molecular complexity index is 2000. The number of ketones is 1. The quantitative estimate of drug-likeness (QED) is 0.0249. The van der Waals surface area contributed by atoms with E-state index < -0.39 is 0 Å². The Labute approximate surface area is 396 Å². The van der Waals surface area contributed by atoms with Gasteiger partial charge in [-0.1, -0.05) is 156 Å². The molecule has 0 radical (unpaired) electrons. The topological polar surface area (TPSA) is 105 Å². The number of aldehydes is 3. The van der Waals surface area contributed by atoms with Gasteiger partial charge >= 0.3 is 0 Å². The fourth-order valence-corrected chi connectivity index (χ4v) is 8.53. The molecule has 0 saturated heterocycles. The highest BCUT2D eigenvalue weighted by molar-refractivity contribution is 6.18. The lowest BCUT2D eigenvalue weighted by molar-refractivity contribution is 0.102. The van der Waals surface area contributed by atoms with E-state index in [4.69, 9.17) is 18.9 Å². The molecule has 0 saturated carbocycles. The zero-order chi connectivity index (χ0) is 47.2. The standard InChI is InChI=1S/C58H80O8/c1-5-9-13-17-21-25-29-63-50-34-46(35-51(40-50)64-30-26-22-18-14-10-6-2)57-54-39-49(43-60)55(38-45(54)33-48(42-59)56(57)44-61)58(62)47-36-52(65-31-27-23-19-15-11-7-3)41-53(37-47)66-32-28-24-20-16-12-8-4/h33-44H,5-32H2,1-4H3. The third-order valence-corrected chi connectivity index (χ3v) is 12.4. The van der Waals surface area contributed by atoms with Gasteiger partial charge in [0.25, 0.3) is 0 Å².